The third kappa shape index (κ3) is 8.10. The minimum Gasteiger partial charge on any atom is -0.490 e. The third-order valence-corrected chi connectivity index (χ3v) is 12.4. The average molecular weight is 753 g/mol. The number of anilines is 1. The van der Waals surface area contributed by atoms with E-state index in [1.54, 1.807) is 13.1 Å². The SMILES string of the molecule is COC(=O)c1ccc2c(c1)N(C[C@@H]1CC[C@H]1C(O)C#CC[C@H](C)C[S+](N)(=O)NC(=O)c1cn(C)nc1OC)C[C@@]1(CCCc3cc(Cl)ccc31)CO2. The molecule has 1 aliphatic heterocycles. The number of nitrogens with two attached hydrogens (primary N) is 1. The molecule has 2 aliphatic carbocycles. The fourth-order valence-corrected chi connectivity index (χ4v) is 9.50. The summed E-state index contributed by atoms with van der Waals surface area (Å²) < 4.78 is 33.6. The van der Waals surface area contributed by atoms with Gasteiger partial charge >= 0.3 is 5.97 Å². The number of carbonyl (C=O) groups is 2. The lowest BCUT2D eigenvalue weighted by atomic mass is 9.68. The topological polar surface area (TPSA) is 158 Å². The van der Waals surface area contributed by atoms with Gasteiger partial charge in [0.2, 0.25) is 5.88 Å². The Hall–Kier alpha value is -4.09. The van der Waals surface area contributed by atoms with Crippen LogP contribution in [0.4, 0.5) is 5.69 Å². The maximum atomic E-state index is 13.1. The molecule has 52 heavy (non-hydrogen) atoms. The first kappa shape index (κ1) is 37.7. The smallest absolute Gasteiger partial charge is 0.337 e. The first-order chi connectivity index (χ1) is 24.8. The molecule has 14 heteroatoms. The zero-order chi connectivity index (χ0) is 37.2. The summed E-state index contributed by atoms with van der Waals surface area (Å²) in [5.74, 6) is 5.80. The molecule has 1 amide bonds. The Morgan fingerprint density at radius 2 is 2.06 bits per heavy atom. The van der Waals surface area contributed by atoms with Gasteiger partial charge in [-0.15, -0.1) is 20.9 Å². The highest BCUT2D eigenvalue weighted by Gasteiger charge is 2.44. The number of carbonyl (C=O) groups excluding carboxylic acids is 2. The monoisotopic (exact) mass is 752 g/mol. The van der Waals surface area contributed by atoms with E-state index in [2.05, 4.69) is 38.7 Å². The van der Waals surface area contributed by atoms with E-state index in [0.29, 0.717) is 37.4 Å². The lowest BCUT2D eigenvalue weighted by Crippen LogP contribution is -2.49. The number of hydrogen-bond donors (Lipinski definition) is 3. The fourth-order valence-electron chi connectivity index (χ4n) is 7.83. The van der Waals surface area contributed by atoms with E-state index < -0.39 is 28.3 Å². The molecule has 1 fully saturated rings. The van der Waals surface area contributed by atoms with Gasteiger partial charge in [-0.25, -0.2) is 4.79 Å². The number of methoxy groups -OCH3 is 2. The van der Waals surface area contributed by atoms with Crippen molar-refractivity contribution in [3.05, 3.63) is 69.9 Å². The van der Waals surface area contributed by atoms with Crippen molar-refractivity contribution in [3.63, 3.8) is 0 Å². The Balaban J connectivity index is 1.14. The zero-order valence-electron chi connectivity index (χ0n) is 30.0. The predicted molar refractivity (Wildman–Crippen MR) is 200 cm³/mol. The lowest BCUT2D eigenvalue weighted by Gasteiger charge is -2.45. The van der Waals surface area contributed by atoms with Gasteiger partial charge in [0.1, 0.15) is 17.4 Å². The first-order valence-corrected chi connectivity index (χ1v) is 19.7. The first-order valence-electron chi connectivity index (χ1n) is 17.6. The van der Waals surface area contributed by atoms with E-state index in [1.165, 1.54) is 36.2 Å². The number of ether oxygens (including phenoxy) is 3. The van der Waals surface area contributed by atoms with Gasteiger partial charge in [-0.2, -0.15) is 0 Å². The Morgan fingerprint density at radius 3 is 2.79 bits per heavy atom. The summed E-state index contributed by atoms with van der Waals surface area (Å²) in [6.07, 6.45) is 5.65. The molecule has 278 valence electrons. The van der Waals surface area contributed by atoms with E-state index in [0.717, 1.165) is 42.8 Å². The van der Waals surface area contributed by atoms with Crippen molar-refractivity contribution < 1.29 is 33.1 Å². The van der Waals surface area contributed by atoms with Crippen LogP contribution in [0.3, 0.4) is 0 Å². The minimum atomic E-state index is -3.22. The molecule has 1 spiro atoms. The Kier molecular flexibility index (Phi) is 11.2. The van der Waals surface area contributed by atoms with Crippen molar-refractivity contribution in [1.29, 1.82) is 0 Å². The predicted octanol–water partition coefficient (Wildman–Crippen LogP) is 4.48. The second kappa shape index (κ2) is 15.5. The van der Waals surface area contributed by atoms with Crippen LogP contribution < -0.4 is 24.2 Å². The number of esters is 1. The standard InChI is InChI=1S/C38H46ClN5O7S/c1-24(21-52(40,48)42-35(46)30-20-43(2)41-36(30)49-3)7-5-9-33(45)29-13-10-27(29)19-44-22-38(16-6-8-25-17-28(39)12-14-31(25)38)23-51-34-15-11-26(18-32(34)44)37(47)50-4/h11-12,14-15,17-18,20,24,27,29,33,45H,6-8,10,13,16,19,21-23H2,1-4H3,(H2-,40,42,46,48)/p+1/t24-,27-,29+,33?,38-,52?/m0/s1. The van der Waals surface area contributed by atoms with Gasteiger partial charge < -0.3 is 24.2 Å². The van der Waals surface area contributed by atoms with Gasteiger partial charge in [-0.3, -0.25) is 9.48 Å². The molecular formula is C38H47ClN5O7S+. The molecule has 0 saturated heterocycles. The maximum absolute atomic E-state index is 13.1. The minimum absolute atomic E-state index is 0.0131. The van der Waals surface area contributed by atoms with Crippen molar-refractivity contribution in [1.82, 2.24) is 14.5 Å². The molecule has 2 aromatic carbocycles. The summed E-state index contributed by atoms with van der Waals surface area (Å²) in [5.41, 5.74) is 3.63. The highest BCUT2D eigenvalue weighted by Crippen LogP contribution is 2.46. The van der Waals surface area contributed by atoms with E-state index in [9.17, 15) is 18.9 Å². The van der Waals surface area contributed by atoms with Gasteiger partial charge in [-0.1, -0.05) is 34.7 Å². The molecule has 0 radical (unpaired) electrons. The summed E-state index contributed by atoms with van der Waals surface area (Å²) in [6.45, 7) is 3.69. The number of rotatable bonds is 10. The molecule has 0 bridgehead atoms. The molecule has 2 heterocycles. The number of amides is 1. The number of halogens is 1. The Labute approximate surface area is 311 Å². The molecule has 1 aromatic heterocycles. The second-order valence-corrected chi connectivity index (χ2v) is 16.8. The van der Waals surface area contributed by atoms with Crippen molar-refractivity contribution >= 4 is 39.5 Å². The summed E-state index contributed by atoms with van der Waals surface area (Å²) in [5, 5.41) is 22.1. The number of aryl methyl sites for hydroxylation is 2. The van der Waals surface area contributed by atoms with Crippen LogP contribution in [0.15, 0.2) is 42.6 Å². The van der Waals surface area contributed by atoms with E-state index in [4.69, 9.17) is 31.0 Å². The normalized spacial score (nSPS) is 22.9. The van der Waals surface area contributed by atoms with Gasteiger partial charge in [0, 0.05) is 55.0 Å². The number of nitrogens with one attached hydrogen (secondary N) is 1. The number of fused-ring (bicyclic) bond motifs is 3. The van der Waals surface area contributed by atoms with Crippen LogP contribution in [-0.4, -0.2) is 72.5 Å². The molecule has 4 N–H and O–H groups in total. The van der Waals surface area contributed by atoms with Crippen LogP contribution >= 0.6 is 11.6 Å². The van der Waals surface area contributed by atoms with Crippen molar-refractivity contribution in [3.8, 4) is 23.5 Å². The Bertz CT molecular complexity index is 1940. The van der Waals surface area contributed by atoms with Crippen molar-refractivity contribution in [2.45, 2.75) is 57.0 Å². The van der Waals surface area contributed by atoms with E-state index in [-0.39, 0.29) is 40.4 Å². The van der Waals surface area contributed by atoms with Gasteiger partial charge in [0.05, 0.1) is 32.1 Å². The molecule has 6 atom stereocenters. The van der Waals surface area contributed by atoms with Gasteiger partial charge in [0.15, 0.2) is 5.75 Å². The Morgan fingerprint density at radius 1 is 1.25 bits per heavy atom. The molecule has 12 nitrogen and oxygen atoms in total. The molecule has 3 aromatic rings. The van der Waals surface area contributed by atoms with Gasteiger partial charge in [-0.05, 0) is 79.5 Å². The summed E-state index contributed by atoms with van der Waals surface area (Å²) in [7, 11) is 1.19. The average Bonchev–Trinajstić information content (AvgIpc) is 3.41. The third-order valence-electron chi connectivity index (χ3n) is 10.5. The molecular weight excluding hydrogens is 706 g/mol. The van der Waals surface area contributed by atoms with E-state index >= 15 is 0 Å². The highest BCUT2D eigenvalue weighted by molar-refractivity contribution is 7.99. The van der Waals surface area contributed by atoms with Crippen LogP contribution in [0.25, 0.3) is 0 Å². The summed E-state index contributed by atoms with van der Waals surface area (Å²) in [4.78, 5) is 27.6. The molecule has 3 aliphatic rings. The molecule has 2 unspecified atom stereocenters. The van der Waals surface area contributed by atoms with Crippen LogP contribution in [0, 0.1) is 29.6 Å². The molecule has 1 saturated carbocycles. The zero-order valence-corrected chi connectivity index (χ0v) is 31.6. The quantitative estimate of drug-likeness (QED) is 0.154. The summed E-state index contributed by atoms with van der Waals surface area (Å²) in [6, 6.07) is 11.6. The van der Waals surface area contributed by atoms with Crippen LogP contribution in [0.1, 0.15) is 70.9 Å². The highest BCUT2D eigenvalue weighted by atomic mass is 35.5. The van der Waals surface area contributed by atoms with Crippen LogP contribution in [0.5, 0.6) is 11.6 Å². The number of aromatic nitrogens is 2. The fraction of sp³-hybridized carbons (Fsp3) is 0.500. The van der Waals surface area contributed by atoms with Crippen molar-refractivity contribution in [2.24, 2.45) is 29.9 Å². The van der Waals surface area contributed by atoms with E-state index in [1.807, 2.05) is 25.1 Å². The van der Waals surface area contributed by atoms with Crippen LogP contribution in [-0.2, 0) is 38.1 Å². The lowest BCUT2D eigenvalue weighted by molar-refractivity contribution is 0.0515. The second-order valence-electron chi connectivity index (χ2n) is 14.4. The number of aliphatic hydroxyl groups excluding tert-OH is 1. The van der Waals surface area contributed by atoms with Crippen molar-refractivity contribution in [2.75, 3.05) is 44.6 Å². The van der Waals surface area contributed by atoms with Crippen LogP contribution in [0.2, 0.25) is 5.02 Å². The van der Waals surface area contributed by atoms with Gasteiger partial charge in [0.25, 0.3) is 16.2 Å². The number of nitrogens with zero attached hydrogens (tertiary/aromatic N) is 3. The number of benzene rings is 2. The number of hydrogen-bond acceptors (Lipinski definition) is 9. The summed E-state index contributed by atoms with van der Waals surface area (Å²) >= 11 is 6.41. The largest absolute Gasteiger partial charge is 0.490 e. The molecule has 6 rings (SSSR count). The maximum Gasteiger partial charge on any atom is 0.337 e. The number of aliphatic hydroxyl groups is 1.